The predicted molar refractivity (Wildman–Crippen MR) is 113 cm³/mol. The second kappa shape index (κ2) is 11.3. The fourth-order valence-electron chi connectivity index (χ4n) is 4.09. The number of rotatable bonds is 10. The Morgan fingerprint density at radius 1 is 1.26 bits per heavy atom. The van der Waals surface area contributed by atoms with Crippen LogP contribution in [-0.2, 0) is 11.2 Å². The summed E-state index contributed by atoms with van der Waals surface area (Å²) in [6.07, 6.45) is 9.98. The minimum Gasteiger partial charge on any atom is -0.492 e. The minimum absolute atomic E-state index is 0.0887. The highest BCUT2D eigenvalue weighted by Crippen LogP contribution is 2.29. The summed E-state index contributed by atoms with van der Waals surface area (Å²) in [5, 5.41) is 3.05. The number of anilines is 1. The van der Waals surface area contributed by atoms with Crippen molar-refractivity contribution in [1.82, 2.24) is 0 Å². The largest absolute Gasteiger partial charge is 0.492 e. The third kappa shape index (κ3) is 7.92. The summed E-state index contributed by atoms with van der Waals surface area (Å²) in [7, 11) is 0. The van der Waals surface area contributed by atoms with Crippen LogP contribution in [0.2, 0.25) is 0 Å². The Morgan fingerprint density at radius 3 is 2.67 bits per heavy atom. The van der Waals surface area contributed by atoms with E-state index in [4.69, 9.17) is 10.5 Å². The molecule has 0 saturated heterocycles. The number of carbonyl (C=O) groups is 1. The lowest BCUT2D eigenvalue weighted by Gasteiger charge is -2.21. The highest BCUT2D eigenvalue weighted by Gasteiger charge is 2.16. The fraction of sp³-hybridized carbons (Fsp3) is 0.696. The van der Waals surface area contributed by atoms with E-state index in [-0.39, 0.29) is 11.9 Å². The molecule has 1 saturated carbocycles. The van der Waals surface area contributed by atoms with Crippen LogP contribution in [-0.4, -0.2) is 18.6 Å². The molecular weight excluding hydrogens is 336 g/mol. The summed E-state index contributed by atoms with van der Waals surface area (Å²) in [6, 6.07) is 6.19. The van der Waals surface area contributed by atoms with Crippen molar-refractivity contribution in [2.45, 2.75) is 84.6 Å². The van der Waals surface area contributed by atoms with Gasteiger partial charge in [-0.2, -0.15) is 0 Å². The molecule has 4 heteroatoms. The molecule has 27 heavy (non-hydrogen) atoms. The lowest BCUT2D eigenvalue weighted by Crippen LogP contribution is -2.24. The van der Waals surface area contributed by atoms with Gasteiger partial charge in [0.15, 0.2) is 0 Å². The lowest BCUT2D eigenvalue weighted by atomic mass is 9.86. The SMILES string of the molecule is CCOc1cc(CC(N)CC(C)C)ccc1NC(=O)CCC1CCCCC1. The monoisotopic (exact) mass is 374 g/mol. The average Bonchev–Trinajstić information content (AvgIpc) is 2.62. The van der Waals surface area contributed by atoms with Crippen LogP contribution in [0.1, 0.15) is 77.7 Å². The molecule has 1 aromatic rings. The predicted octanol–water partition coefficient (Wildman–Crippen LogP) is 5.30. The second-order valence-corrected chi connectivity index (χ2v) is 8.45. The van der Waals surface area contributed by atoms with E-state index in [1.54, 1.807) is 0 Å². The van der Waals surface area contributed by atoms with Gasteiger partial charge in [0, 0.05) is 12.5 Å². The van der Waals surface area contributed by atoms with Crippen LogP contribution < -0.4 is 15.8 Å². The third-order valence-corrected chi connectivity index (χ3v) is 5.40. The molecule has 1 unspecified atom stereocenters. The molecule has 4 nitrogen and oxygen atoms in total. The molecule has 2 rings (SSSR count). The van der Waals surface area contributed by atoms with Gasteiger partial charge in [-0.3, -0.25) is 4.79 Å². The topological polar surface area (TPSA) is 64.3 Å². The molecular formula is C23H38N2O2. The van der Waals surface area contributed by atoms with E-state index in [0.717, 1.165) is 42.2 Å². The Balaban J connectivity index is 1.92. The summed E-state index contributed by atoms with van der Waals surface area (Å²) in [5.41, 5.74) is 8.18. The van der Waals surface area contributed by atoms with E-state index in [0.29, 0.717) is 18.9 Å². The van der Waals surface area contributed by atoms with Crippen LogP contribution in [0.15, 0.2) is 18.2 Å². The zero-order valence-corrected chi connectivity index (χ0v) is 17.4. The standard InChI is InChI=1S/C23H38N2O2/c1-4-27-22-16-19(15-20(24)14-17(2)3)10-12-21(22)25-23(26)13-11-18-8-6-5-7-9-18/h10,12,16-18,20H,4-9,11,13-15,24H2,1-3H3,(H,25,26). The molecule has 1 aliphatic rings. The van der Waals surface area contributed by atoms with Crippen molar-refractivity contribution in [3.05, 3.63) is 23.8 Å². The molecule has 1 amide bonds. The molecule has 1 atom stereocenters. The van der Waals surface area contributed by atoms with Gasteiger partial charge in [-0.15, -0.1) is 0 Å². The van der Waals surface area contributed by atoms with Crippen molar-refractivity contribution in [1.29, 1.82) is 0 Å². The average molecular weight is 375 g/mol. The van der Waals surface area contributed by atoms with Crippen LogP contribution in [0.4, 0.5) is 5.69 Å². The summed E-state index contributed by atoms with van der Waals surface area (Å²) in [4.78, 5) is 12.4. The number of benzene rings is 1. The Kier molecular flexibility index (Phi) is 9.12. The number of ether oxygens (including phenoxy) is 1. The van der Waals surface area contributed by atoms with E-state index in [2.05, 4.69) is 25.2 Å². The van der Waals surface area contributed by atoms with E-state index >= 15 is 0 Å². The second-order valence-electron chi connectivity index (χ2n) is 8.45. The van der Waals surface area contributed by atoms with Crippen LogP contribution in [0.5, 0.6) is 5.75 Å². The zero-order valence-electron chi connectivity index (χ0n) is 17.4. The molecule has 0 aromatic heterocycles. The number of hydrogen-bond donors (Lipinski definition) is 2. The van der Waals surface area contributed by atoms with Gasteiger partial charge in [0.05, 0.1) is 12.3 Å². The summed E-state index contributed by atoms with van der Waals surface area (Å²) >= 11 is 0. The molecule has 1 aliphatic carbocycles. The normalized spacial score (nSPS) is 16.3. The first-order chi connectivity index (χ1) is 13.0. The minimum atomic E-state index is 0.0887. The van der Waals surface area contributed by atoms with Crippen LogP contribution in [0.3, 0.4) is 0 Å². The first kappa shape index (κ1) is 21.7. The number of amides is 1. The first-order valence-corrected chi connectivity index (χ1v) is 10.8. The van der Waals surface area contributed by atoms with Gasteiger partial charge < -0.3 is 15.8 Å². The van der Waals surface area contributed by atoms with Crippen LogP contribution >= 0.6 is 0 Å². The smallest absolute Gasteiger partial charge is 0.224 e. The van der Waals surface area contributed by atoms with Gasteiger partial charge in [0.25, 0.3) is 0 Å². The number of nitrogens with one attached hydrogen (secondary N) is 1. The van der Waals surface area contributed by atoms with Crippen molar-refractivity contribution < 1.29 is 9.53 Å². The molecule has 0 radical (unpaired) electrons. The van der Waals surface area contributed by atoms with Crippen LogP contribution in [0.25, 0.3) is 0 Å². The maximum atomic E-state index is 12.4. The summed E-state index contributed by atoms with van der Waals surface area (Å²) in [6.45, 7) is 6.92. The molecule has 0 aliphatic heterocycles. The molecule has 1 aromatic carbocycles. The van der Waals surface area contributed by atoms with E-state index < -0.39 is 0 Å². The molecule has 0 spiro atoms. The van der Waals surface area contributed by atoms with Gasteiger partial charge in [-0.25, -0.2) is 0 Å². The molecule has 0 heterocycles. The molecule has 152 valence electrons. The number of carbonyl (C=O) groups excluding carboxylic acids is 1. The molecule has 1 fully saturated rings. The van der Waals surface area contributed by atoms with Crippen molar-refractivity contribution >= 4 is 11.6 Å². The number of hydrogen-bond acceptors (Lipinski definition) is 3. The van der Waals surface area contributed by atoms with Gasteiger partial charge in [-0.1, -0.05) is 52.0 Å². The number of nitrogens with two attached hydrogens (primary N) is 1. The zero-order chi connectivity index (χ0) is 19.6. The van der Waals surface area contributed by atoms with Crippen molar-refractivity contribution in [2.24, 2.45) is 17.6 Å². The maximum absolute atomic E-state index is 12.4. The van der Waals surface area contributed by atoms with Crippen molar-refractivity contribution in [2.75, 3.05) is 11.9 Å². The fourth-order valence-corrected chi connectivity index (χ4v) is 4.09. The summed E-state index contributed by atoms with van der Waals surface area (Å²) in [5.74, 6) is 2.15. The van der Waals surface area contributed by atoms with Gasteiger partial charge in [-0.05, 0) is 55.7 Å². The molecule has 3 N–H and O–H groups in total. The Labute approximate surface area is 165 Å². The van der Waals surface area contributed by atoms with E-state index in [1.165, 1.54) is 32.1 Å². The van der Waals surface area contributed by atoms with E-state index in [1.807, 2.05) is 19.1 Å². The Bertz CT molecular complexity index is 580. The first-order valence-electron chi connectivity index (χ1n) is 10.8. The third-order valence-electron chi connectivity index (χ3n) is 5.40. The van der Waals surface area contributed by atoms with Gasteiger partial charge >= 0.3 is 0 Å². The maximum Gasteiger partial charge on any atom is 0.224 e. The van der Waals surface area contributed by atoms with Gasteiger partial charge in [0.2, 0.25) is 5.91 Å². The van der Waals surface area contributed by atoms with Gasteiger partial charge in [0.1, 0.15) is 5.75 Å². The van der Waals surface area contributed by atoms with Crippen LogP contribution in [0, 0.1) is 11.8 Å². The lowest BCUT2D eigenvalue weighted by molar-refractivity contribution is -0.116. The highest BCUT2D eigenvalue weighted by molar-refractivity contribution is 5.92. The van der Waals surface area contributed by atoms with Crippen molar-refractivity contribution in [3.63, 3.8) is 0 Å². The van der Waals surface area contributed by atoms with Crippen molar-refractivity contribution in [3.8, 4) is 5.75 Å². The highest BCUT2D eigenvalue weighted by atomic mass is 16.5. The Morgan fingerprint density at radius 2 is 2.00 bits per heavy atom. The quantitative estimate of drug-likeness (QED) is 0.584. The Hall–Kier alpha value is -1.55. The van der Waals surface area contributed by atoms with E-state index in [9.17, 15) is 4.79 Å². The summed E-state index contributed by atoms with van der Waals surface area (Å²) < 4.78 is 5.78. The molecule has 0 bridgehead atoms.